The Hall–Kier alpha value is -0.610. The summed E-state index contributed by atoms with van der Waals surface area (Å²) >= 11 is 0. The molecule has 0 heterocycles. The molecule has 1 saturated carbocycles. The van der Waals surface area contributed by atoms with E-state index in [0.29, 0.717) is 12.5 Å². The summed E-state index contributed by atoms with van der Waals surface area (Å²) in [6.07, 6.45) is 3.71. The van der Waals surface area contributed by atoms with Gasteiger partial charge in [-0.25, -0.2) is 5.06 Å². The quantitative estimate of drug-likeness (QED) is 0.788. The van der Waals surface area contributed by atoms with Gasteiger partial charge in [0, 0.05) is 0 Å². The third-order valence-corrected chi connectivity index (χ3v) is 3.52. The summed E-state index contributed by atoms with van der Waals surface area (Å²) in [4.78, 5) is 17.8. The number of nitrogens with zero attached hydrogens (tertiary/aromatic N) is 1. The van der Waals surface area contributed by atoms with Gasteiger partial charge >= 0.3 is 0 Å². The van der Waals surface area contributed by atoms with Crippen molar-refractivity contribution in [3.8, 4) is 0 Å². The first-order valence-corrected chi connectivity index (χ1v) is 6.83. The number of carbonyl (C=O) groups is 1. The number of hydroxylamine groups is 2. The summed E-state index contributed by atoms with van der Waals surface area (Å²) in [6.45, 7) is 8.97. The van der Waals surface area contributed by atoms with Gasteiger partial charge in [0.2, 0.25) is 0 Å². The highest BCUT2D eigenvalue weighted by Gasteiger charge is 2.41. The van der Waals surface area contributed by atoms with Crippen LogP contribution in [0.3, 0.4) is 0 Å². The van der Waals surface area contributed by atoms with Crippen LogP contribution in [0.5, 0.6) is 0 Å². The molecule has 0 bridgehead atoms. The first kappa shape index (κ1) is 15.4. The minimum atomic E-state index is -0.737. The van der Waals surface area contributed by atoms with Gasteiger partial charge in [0.25, 0.3) is 5.91 Å². The third-order valence-electron chi connectivity index (χ3n) is 3.52. The first-order valence-electron chi connectivity index (χ1n) is 6.83. The Morgan fingerprint density at radius 2 is 2.11 bits per heavy atom. The number of rotatable bonds is 3. The van der Waals surface area contributed by atoms with Gasteiger partial charge in [0.1, 0.15) is 0 Å². The number of nitrogens with two attached hydrogens (primary N) is 1. The van der Waals surface area contributed by atoms with Gasteiger partial charge in [-0.15, -0.1) is 0 Å². The van der Waals surface area contributed by atoms with Gasteiger partial charge in [-0.2, -0.15) is 0 Å². The minimum absolute atomic E-state index is 0.00229. The Balaban J connectivity index is 2.76. The maximum atomic E-state index is 12.6. The summed E-state index contributed by atoms with van der Waals surface area (Å²) in [6, 6.07) is 0. The van der Waals surface area contributed by atoms with Gasteiger partial charge in [0.15, 0.2) is 0 Å². The minimum Gasteiger partial charge on any atom is -0.317 e. The second-order valence-corrected chi connectivity index (χ2v) is 6.94. The summed E-state index contributed by atoms with van der Waals surface area (Å²) < 4.78 is 0. The maximum absolute atomic E-state index is 12.6. The second kappa shape index (κ2) is 5.57. The molecule has 2 atom stereocenters. The van der Waals surface area contributed by atoms with E-state index >= 15 is 0 Å². The smallest absolute Gasteiger partial charge is 0.266 e. The normalized spacial score (nSPS) is 29.1. The second-order valence-electron chi connectivity index (χ2n) is 6.94. The van der Waals surface area contributed by atoms with E-state index in [1.54, 1.807) is 7.11 Å². The van der Waals surface area contributed by atoms with Crippen LogP contribution in [-0.4, -0.2) is 30.2 Å². The van der Waals surface area contributed by atoms with E-state index < -0.39 is 5.54 Å². The third kappa shape index (κ3) is 3.95. The van der Waals surface area contributed by atoms with Crippen LogP contribution in [0, 0.1) is 11.3 Å². The Kier molecular flexibility index (Phi) is 4.78. The molecular weight excluding hydrogens is 228 g/mol. The highest BCUT2D eigenvalue weighted by Crippen LogP contribution is 2.32. The van der Waals surface area contributed by atoms with E-state index in [1.807, 2.05) is 0 Å². The summed E-state index contributed by atoms with van der Waals surface area (Å²) in [5, 5.41) is 1.44. The lowest BCUT2D eigenvalue weighted by atomic mass is 9.76. The van der Waals surface area contributed by atoms with Crippen LogP contribution in [-0.2, 0) is 9.63 Å². The lowest BCUT2D eigenvalue weighted by Gasteiger charge is -2.39. The van der Waals surface area contributed by atoms with Gasteiger partial charge in [-0.1, -0.05) is 40.5 Å². The standard InChI is InChI=1S/C14H28N2O2/c1-11-7-6-8-14(15,9-11)12(17)16(18-5)10-13(2,3)4/h11H,6-10,15H2,1-5H3. The molecule has 2 unspecified atom stereocenters. The zero-order valence-electron chi connectivity index (χ0n) is 12.5. The molecule has 1 fully saturated rings. The fraction of sp³-hybridized carbons (Fsp3) is 0.929. The molecule has 1 aliphatic rings. The van der Waals surface area contributed by atoms with E-state index in [-0.39, 0.29) is 11.3 Å². The summed E-state index contributed by atoms with van der Waals surface area (Å²) in [5.74, 6) is 0.451. The lowest BCUT2D eigenvalue weighted by molar-refractivity contribution is -0.189. The van der Waals surface area contributed by atoms with Crippen molar-refractivity contribution in [3.05, 3.63) is 0 Å². The zero-order valence-corrected chi connectivity index (χ0v) is 12.5. The Bertz CT molecular complexity index is 299. The zero-order chi connectivity index (χ0) is 14.0. The molecule has 4 nitrogen and oxygen atoms in total. The van der Waals surface area contributed by atoms with Crippen LogP contribution in [0.4, 0.5) is 0 Å². The number of hydrogen-bond acceptors (Lipinski definition) is 3. The molecule has 0 aromatic heterocycles. The Morgan fingerprint density at radius 3 is 2.56 bits per heavy atom. The molecule has 2 N–H and O–H groups in total. The monoisotopic (exact) mass is 256 g/mol. The average molecular weight is 256 g/mol. The fourth-order valence-corrected chi connectivity index (χ4v) is 2.68. The predicted molar refractivity (Wildman–Crippen MR) is 72.7 cm³/mol. The van der Waals surface area contributed by atoms with Crippen LogP contribution < -0.4 is 5.73 Å². The molecule has 0 aromatic rings. The van der Waals surface area contributed by atoms with Gasteiger partial charge in [-0.05, 0) is 24.2 Å². The first-order chi connectivity index (χ1) is 8.18. The van der Waals surface area contributed by atoms with Crippen LogP contribution in [0.25, 0.3) is 0 Å². The van der Waals surface area contributed by atoms with Crippen LogP contribution in [0.15, 0.2) is 0 Å². The van der Waals surface area contributed by atoms with Crippen molar-refractivity contribution in [2.75, 3.05) is 13.7 Å². The molecular formula is C14H28N2O2. The molecule has 106 valence electrons. The highest BCUT2D eigenvalue weighted by molar-refractivity contribution is 5.85. The van der Waals surface area contributed by atoms with Crippen LogP contribution >= 0.6 is 0 Å². The maximum Gasteiger partial charge on any atom is 0.266 e. The van der Waals surface area contributed by atoms with Crippen molar-refractivity contribution in [3.63, 3.8) is 0 Å². The van der Waals surface area contributed by atoms with Gasteiger partial charge in [-0.3, -0.25) is 9.63 Å². The number of hydrogen-bond donors (Lipinski definition) is 1. The van der Waals surface area contributed by atoms with E-state index in [1.165, 1.54) is 11.5 Å². The molecule has 4 heteroatoms. The van der Waals surface area contributed by atoms with Crippen molar-refractivity contribution in [1.82, 2.24) is 5.06 Å². The van der Waals surface area contributed by atoms with E-state index in [2.05, 4.69) is 27.7 Å². The SMILES string of the molecule is CON(CC(C)(C)C)C(=O)C1(N)CCCC(C)C1. The fourth-order valence-electron chi connectivity index (χ4n) is 2.68. The van der Waals surface area contributed by atoms with Crippen LogP contribution in [0.2, 0.25) is 0 Å². The van der Waals surface area contributed by atoms with Crippen molar-refractivity contribution in [2.24, 2.45) is 17.1 Å². The molecule has 0 aliphatic heterocycles. The van der Waals surface area contributed by atoms with Crippen LogP contribution in [0.1, 0.15) is 53.4 Å². The largest absolute Gasteiger partial charge is 0.317 e. The summed E-state index contributed by atoms with van der Waals surface area (Å²) in [7, 11) is 1.54. The van der Waals surface area contributed by atoms with E-state index in [4.69, 9.17) is 10.6 Å². The van der Waals surface area contributed by atoms with Gasteiger partial charge < -0.3 is 5.73 Å². The highest BCUT2D eigenvalue weighted by atomic mass is 16.7. The average Bonchev–Trinajstić information content (AvgIpc) is 2.23. The van der Waals surface area contributed by atoms with E-state index in [9.17, 15) is 4.79 Å². The molecule has 0 saturated heterocycles. The Labute approximate surface area is 111 Å². The molecule has 1 rings (SSSR count). The Morgan fingerprint density at radius 1 is 1.50 bits per heavy atom. The predicted octanol–water partition coefficient (Wildman–Crippen LogP) is 2.33. The lowest BCUT2D eigenvalue weighted by Crippen LogP contribution is -2.58. The summed E-state index contributed by atoms with van der Waals surface area (Å²) in [5.41, 5.74) is 5.58. The van der Waals surface area contributed by atoms with Crippen molar-refractivity contribution >= 4 is 5.91 Å². The van der Waals surface area contributed by atoms with E-state index in [0.717, 1.165) is 19.3 Å². The number of amides is 1. The topological polar surface area (TPSA) is 55.6 Å². The number of carbonyl (C=O) groups excluding carboxylic acids is 1. The van der Waals surface area contributed by atoms with Crippen molar-refractivity contribution < 1.29 is 9.63 Å². The van der Waals surface area contributed by atoms with Gasteiger partial charge in [0.05, 0.1) is 19.2 Å². The van der Waals surface area contributed by atoms with Crippen molar-refractivity contribution in [1.29, 1.82) is 0 Å². The molecule has 18 heavy (non-hydrogen) atoms. The molecule has 0 spiro atoms. The van der Waals surface area contributed by atoms with Crippen molar-refractivity contribution in [2.45, 2.75) is 58.9 Å². The molecule has 1 aliphatic carbocycles. The molecule has 1 amide bonds. The molecule has 0 aromatic carbocycles. The molecule has 0 radical (unpaired) electrons.